The maximum absolute atomic E-state index is 10.5. The van der Waals surface area contributed by atoms with Gasteiger partial charge in [-0.2, -0.15) is 0 Å². The standard InChI is InChI=1S/C19H18O/c1-2-19(20,15-13-17-9-5-3-6-10-17)16-14-18-11-7-4-8-12-18/h2-16,20H,1H2/b15-13+,16-14+. The highest BCUT2D eigenvalue weighted by Gasteiger charge is 2.13. The minimum Gasteiger partial charge on any atom is -0.378 e. The largest absolute Gasteiger partial charge is 0.378 e. The van der Waals surface area contributed by atoms with Crippen LogP contribution in [0.25, 0.3) is 12.2 Å². The van der Waals surface area contributed by atoms with Crippen LogP contribution in [0.5, 0.6) is 0 Å². The van der Waals surface area contributed by atoms with E-state index in [0.29, 0.717) is 0 Å². The van der Waals surface area contributed by atoms with Gasteiger partial charge in [0.1, 0.15) is 5.60 Å². The van der Waals surface area contributed by atoms with Crippen LogP contribution in [0.1, 0.15) is 11.1 Å². The van der Waals surface area contributed by atoms with Crippen molar-refractivity contribution in [2.45, 2.75) is 5.60 Å². The third kappa shape index (κ3) is 4.08. The Morgan fingerprint density at radius 2 is 1.15 bits per heavy atom. The highest BCUT2D eigenvalue weighted by molar-refractivity contribution is 5.56. The minimum absolute atomic E-state index is 1.04. The average Bonchev–Trinajstić information content (AvgIpc) is 2.53. The number of rotatable bonds is 5. The van der Waals surface area contributed by atoms with E-state index in [4.69, 9.17) is 0 Å². The molecular weight excluding hydrogens is 244 g/mol. The molecule has 1 nitrogen and oxygen atoms in total. The number of hydrogen-bond donors (Lipinski definition) is 1. The van der Waals surface area contributed by atoms with E-state index in [1.54, 1.807) is 12.2 Å². The van der Waals surface area contributed by atoms with Crippen molar-refractivity contribution in [1.82, 2.24) is 0 Å². The Bertz CT molecular complexity index is 545. The van der Waals surface area contributed by atoms with Gasteiger partial charge in [-0.15, -0.1) is 0 Å². The van der Waals surface area contributed by atoms with Gasteiger partial charge in [-0.05, 0) is 23.3 Å². The first-order chi connectivity index (χ1) is 9.72. The number of benzene rings is 2. The lowest BCUT2D eigenvalue weighted by Crippen LogP contribution is -2.18. The van der Waals surface area contributed by atoms with Crippen LogP contribution in [0.4, 0.5) is 0 Å². The molecule has 100 valence electrons. The summed E-state index contributed by atoms with van der Waals surface area (Å²) in [7, 11) is 0. The molecule has 0 aromatic heterocycles. The third-order valence-corrected chi connectivity index (χ3v) is 3.01. The second kappa shape index (κ2) is 6.69. The fourth-order valence-electron chi connectivity index (χ4n) is 1.78. The average molecular weight is 262 g/mol. The molecule has 0 atom stereocenters. The summed E-state index contributed by atoms with van der Waals surface area (Å²) in [6, 6.07) is 19.7. The van der Waals surface area contributed by atoms with Crippen LogP contribution in [0.15, 0.2) is 85.5 Å². The molecule has 1 N–H and O–H groups in total. The van der Waals surface area contributed by atoms with Crippen molar-refractivity contribution < 1.29 is 5.11 Å². The van der Waals surface area contributed by atoms with Gasteiger partial charge in [0.05, 0.1) is 0 Å². The van der Waals surface area contributed by atoms with Gasteiger partial charge >= 0.3 is 0 Å². The molecule has 2 rings (SSSR count). The van der Waals surface area contributed by atoms with Crippen LogP contribution in [-0.2, 0) is 0 Å². The van der Waals surface area contributed by atoms with Crippen molar-refractivity contribution in [3.8, 4) is 0 Å². The van der Waals surface area contributed by atoms with E-state index in [2.05, 4.69) is 6.58 Å². The Kier molecular flexibility index (Phi) is 4.70. The summed E-state index contributed by atoms with van der Waals surface area (Å²) in [5, 5.41) is 10.5. The zero-order chi connectivity index (χ0) is 14.3. The zero-order valence-electron chi connectivity index (χ0n) is 11.3. The van der Waals surface area contributed by atoms with Gasteiger partial charge in [0.2, 0.25) is 0 Å². The normalized spacial score (nSPS) is 12.1. The van der Waals surface area contributed by atoms with Crippen molar-refractivity contribution in [3.63, 3.8) is 0 Å². The molecule has 0 aliphatic heterocycles. The van der Waals surface area contributed by atoms with Crippen LogP contribution in [0, 0.1) is 0 Å². The fraction of sp³-hybridized carbons (Fsp3) is 0.0526. The van der Waals surface area contributed by atoms with Crippen LogP contribution < -0.4 is 0 Å². The fourth-order valence-corrected chi connectivity index (χ4v) is 1.78. The molecule has 1 heteroatoms. The molecule has 0 saturated carbocycles. The summed E-state index contributed by atoms with van der Waals surface area (Å²) in [6.45, 7) is 3.70. The molecule has 0 radical (unpaired) electrons. The van der Waals surface area contributed by atoms with Crippen LogP contribution in [-0.4, -0.2) is 10.7 Å². The number of hydrogen-bond acceptors (Lipinski definition) is 1. The van der Waals surface area contributed by atoms with Gasteiger partial charge in [-0.3, -0.25) is 0 Å². The summed E-state index contributed by atoms with van der Waals surface area (Å²) in [5.74, 6) is 0. The molecule has 0 aliphatic carbocycles. The van der Waals surface area contributed by atoms with Gasteiger partial charge < -0.3 is 5.11 Å². The maximum Gasteiger partial charge on any atom is 0.120 e. The van der Waals surface area contributed by atoms with Gasteiger partial charge in [-0.1, -0.05) is 85.5 Å². The Morgan fingerprint density at radius 1 is 0.750 bits per heavy atom. The molecule has 2 aromatic rings. The van der Waals surface area contributed by atoms with E-state index in [1.807, 2.05) is 72.8 Å². The Labute approximate surface area is 120 Å². The molecule has 20 heavy (non-hydrogen) atoms. The minimum atomic E-state index is -1.15. The zero-order valence-corrected chi connectivity index (χ0v) is 11.3. The molecule has 0 saturated heterocycles. The second-order valence-electron chi connectivity index (χ2n) is 4.58. The van der Waals surface area contributed by atoms with E-state index in [9.17, 15) is 5.11 Å². The molecule has 0 unspecified atom stereocenters. The molecule has 0 bridgehead atoms. The van der Waals surface area contributed by atoms with Crippen LogP contribution in [0.2, 0.25) is 0 Å². The maximum atomic E-state index is 10.5. The second-order valence-corrected chi connectivity index (χ2v) is 4.58. The number of aliphatic hydroxyl groups is 1. The molecular formula is C19H18O. The van der Waals surface area contributed by atoms with Gasteiger partial charge in [0.25, 0.3) is 0 Å². The molecule has 0 fully saturated rings. The van der Waals surface area contributed by atoms with Crippen molar-refractivity contribution in [2.75, 3.05) is 0 Å². The van der Waals surface area contributed by atoms with E-state index >= 15 is 0 Å². The monoisotopic (exact) mass is 262 g/mol. The molecule has 0 spiro atoms. The van der Waals surface area contributed by atoms with Gasteiger partial charge in [0, 0.05) is 0 Å². The summed E-state index contributed by atoms with van der Waals surface area (Å²) >= 11 is 0. The van der Waals surface area contributed by atoms with Crippen molar-refractivity contribution in [1.29, 1.82) is 0 Å². The van der Waals surface area contributed by atoms with Gasteiger partial charge in [0.15, 0.2) is 0 Å². The lowest BCUT2D eigenvalue weighted by atomic mass is 10.0. The lowest BCUT2D eigenvalue weighted by Gasteiger charge is -2.15. The first-order valence-electron chi connectivity index (χ1n) is 6.56. The molecule has 0 amide bonds. The summed E-state index contributed by atoms with van der Waals surface area (Å²) in [4.78, 5) is 0. The summed E-state index contributed by atoms with van der Waals surface area (Å²) < 4.78 is 0. The van der Waals surface area contributed by atoms with Crippen molar-refractivity contribution in [2.24, 2.45) is 0 Å². The SMILES string of the molecule is C=CC(O)(/C=C/c1ccccc1)/C=C/c1ccccc1. The Hall–Kier alpha value is -2.38. The summed E-state index contributed by atoms with van der Waals surface area (Å²) in [5.41, 5.74) is 0.938. The predicted octanol–water partition coefficient (Wildman–Crippen LogP) is 4.33. The topological polar surface area (TPSA) is 20.2 Å². The van der Waals surface area contributed by atoms with Crippen LogP contribution >= 0.6 is 0 Å². The van der Waals surface area contributed by atoms with Crippen molar-refractivity contribution in [3.05, 3.63) is 96.6 Å². The van der Waals surface area contributed by atoms with Crippen molar-refractivity contribution >= 4 is 12.2 Å². The summed E-state index contributed by atoms with van der Waals surface area (Å²) in [6.07, 6.45) is 8.75. The van der Waals surface area contributed by atoms with Crippen LogP contribution in [0.3, 0.4) is 0 Å². The third-order valence-electron chi connectivity index (χ3n) is 3.01. The smallest absolute Gasteiger partial charge is 0.120 e. The quantitative estimate of drug-likeness (QED) is 0.795. The Morgan fingerprint density at radius 3 is 1.50 bits per heavy atom. The highest BCUT2D eigenvalue weighted by Crippen LogP contribution is 2.15. The first kappa shape index (κ1) is 14.0. The van der Waals surface area contributed by atoms with E-state index < -0.39 is 5.60 Å². The molecule has 0 heterocycles. The predicted molar refractivity (Wildman–Crippen MR) is 86.1 cm³/mol. The van der Waals surface area contributed by atoms with E-state index in [0.717, 1.165) is 11.1 Å². The lowest BCUT2D eigenvalue weighted by molar-refractivity contribution is 0.196. The highest BCUT2D eigenvalue weighted by atomic mass is 16.3. The van der Waals surface area contributed by atoms with Gasteiger partial charge in [-0.25, -0.2) is 0 Å². The Balaban J connectivity index is 2.15. The first-order valence-corrected chi connectivity index (χ1v) is 6.56. The molecule has 2 aromatic carbocycles. The molecule has 0 aliphatic rings. The van der Waals surface area contributed by atoms with E-state index in [1.165, 1.54) is 6.08 Å². The van der Waals surface area contributed by atoms with E-state index in [-0.39, 0.29) is 0 Å².